The van der Waals surface area contributed by atoms with Gasteiger partial charge in [-0.25, -0.2) is 0 Å². The first-order valence-electron chi connectivity index (χ1n) is 8.73. The van der Waals surface area contributed by atoms with Crippen molar-refractivity contribution in [3.63, 3.8) is 0 Å². The van der Waals surface area contributed by atoms with E-state index in [9.17, 15) is 10.4 Å². The largest absolute Gasteiger partial charge is 0.496 e. The molecule has 0 saturated heterocycles. The lowest BCUT2D eigenvalue weighted by Gasteiger charge is -2.18. The van der Waals surface area contributed by atoms with E-state index in [1.165, 1.54) is 18.4 Å². The van der Waals surface area contributed by atoms with E-state index in [0.29, 0.717) is 27.7 Å². The highest BCUT2D eigenvalue weighted by Crippen LogP contribution is 2.26. The third-order valence-corrected chi connectivity index (χ3v) is 5.46. The second-order valence-electron chi connectivity index (χ2n) is 8.06. The maximum Gasteiger partial charge on any atom is 0.207 e. The van der Waals surface area contributed by atoms with Gasteiger partial charge in [-0.2, -0.15) is 15.2 Å². The van der Waals surface area contributed by atoms with Gasteiger partial charge in [0.05, 0.1) is 24.8 Å². The van der Waals surface area contributed by atoms with Crippen LogP contribution < -0.4 is 9.54 Å². The predicted molar refractivity (Wildman–Crippen MR) is 113 cm³/mol. The molecule has 2 rings (SSSR count). The number of nitrogens with zero attached hydrogens (tertiary/aromatic N) is 4. The zero-order valence-corrected chi connectivity index (χ0v) is 18.5. The van der Waals surface area contributed by atoms with Crippen molar-refractivity contribution in [2.75, 3.05) is 7.11 Å². The average molecular weight is 421 g/mol. The van der Waals surface area contributed by atoms with Gasteiger partial charge >= 0.3 is 0 Å². The van der Waals surface area contributed by atoms with E-state index in [4.69, 9.17) is 16.3 Å². The number of thiazole rings is 1. The normalized spacial score (nSPS) is 13.5. The molecule has 1 heterocycles. The Bertz CT molecular complexity index is 985. The predicted octanol–water partition coefficient (Wildman–Crippen LogP) is 4.11. The van der Waals surface area contributed by atoms with E-state index in [2.05, 4.69) is 30.8 Å². The molecule has 0 bridgehead atoms. The van der Waals surface area contributed by atoms with Crippen LogP contribution in [0.15, 0.2) is 34.4 Å². The summed E-state index contributed by atoms with van der Waals surface area (Å²) in [5, 5.41) is 20.0. The Kier molecular flexibility index (Phi) is 6.71. The highest BCUT2D eigenvalue weighted by atomic mass is 35.5. The fraction of sp³-hybridized carbons (Fsp3) is 0.450. The van der Waals surface area contributed by atoms with Crippen LogP contribution in [0.4, 0.5) is 0 Å². The third kappa shape index (κ3) is 5.68. The quantitative estimate of drug-likeness (QED) is 0.459. The van der Waals surface area contributed by atoms with Crippen molar-refractivity contribution >= 4 is 28.8 Å². The topological polar surface area (TPSA) is 82.9 Å². The van der Waals surface area contributed by atoms with Crippen molar-refractivity contribution in [1.29, 1.82) is 5.26 Å². The van der Waals surface area contributed by atoms with Gasteiger partial charge in [-0.3, -0.25) is 0 Å². The number of hydrogen-bond donors (Lipinski definition) is 1. The summed E-state index contributed by atoms with van der Waals surface area (Å²) in [5.74, 6) is 0.720. The van der Waals surface area contributed by atoms with Crippen LogP contribution in [0, 0.1) is 11.5 Å². The van der Waals surface area contributed by atoms with Crippen LogP contribution in [0.5, 0.6) is 5.75 Å². The number of halogens is 1. The fourth-order valence-corrected chi connectivity index (χ4v) is 3.70. The summed E-state index contributed by atoms with van der Waals surface area (Å²) in [6, 6.07) is 5.07. The maximum absolute atomic E-state index is 10.3. The average Bonchev–Trinajstić information content (AvgIpc) is 2.95. The Morgan fingerprint density at radius 1 is 1.32 bits per heavy atom. The molecule has 1 N–H and O–H groups in total. The van der Waals surface area contributed by atoms with Crippen LogP contribution in [0.3, 0.4) is 0 Å². The molecule has 2 aromatic rings. The molecule has 0 aliphatic rings. The van der Waals surface area contributed by atoms with E-state index in [0.717, 1.165) is 4.88 Å². The van der Waals surface area contributed by atoms with Crippen molar-refractivity contribution < 1.29 is 9.84 Å². The number of amidine groups is 1. The van der Waals surface area contributed by atoms with Gasteiger partial charge in [0, 0.05) is 16.1 Å². The Morgan fingerprint density at radius 2 is 2.00 bits per heavy atom. The van der Waals surface area contributed by atoms with Gasteiger partial charge in [-0.05, 0) is 37.5 Å². The highest BCUT2D eigenvalue weighted by molar-refractivity contribution is 7.09. The van der Waals surface area contributed by atoms with Gasteiger partial charge in [-0.1, -0.05) is 32.4 Å². The van der Waals surface area contributed by atoms with Crippen LogP contribution >= 0.6 is 22.9 Å². The Balaban J connectivity index is 2.72. The Labute approximate surface area is 174 Å². The number of aliphatic hydroxyl groups is 1. The molecule has 150 valence electrons. The lowest BCUT2D eigenvalue weighted by atomic mass is 9.95. The van der Waals surface area contributed by atoms with E-state index in [1.54, 1.807) is 38.2 Å². The monoisotopic (exact) mass is 420 g/mol. The summed E-state index contributed by atoms with van der Waals surface area (Å²) in [4.78, 5) is 10.3. The number of nitriles is 1. The van der Waals surface area contributed by atoms with Crippen LogP contribution in [-0.2, 0) is 12.0 Å². The second kappa shape index (κ2) is 8.48. The molecule has 0 aliphatic carbocycles. The van der Waals surface area contributed by atoms with Crippen LogP contribution in [0.25, 0.3) is 0 Å². The van der Waals surface area contributed by atoms with Gasteiger partial charge in [0.25, 0.3) is 0 Å². The van der Waals surface area contributed by atoms with Crippen LogP contribution in [0.2, 0.25) is 5.02 Å². The van der Waals surface area contributed by atoms with Gasteiger partial charge in [0.2, 0.25) is 6.19 Å². The van der Waals surface area contributed by atoms with E-state index in [-0.39, 0.29) is 11.3 Å². The van der Waals surface area contributed by atoms with Crippen molar-refractivity contribution in [2.24, 2.45) is 9.98 Å². The molecule has 1 aromatic carbocycles. The minimum atomic E-state index is -0.925. The molecule has 0 atom stereocenters. The minimum absolute atomic E-state index is 0.0833. The Hall–Kier alpha value is -2.14. The first-order valence-corrected chi connectivity index (χ1v) is 9.92. The van der Waals surface area contributed by atoms with Crippen molar-refractivity contribution in [3.8, 4) is 11.9 Å². The van der Waals surface area contributed by atoms with Crippen LogP contribution in [-0.4, -0.2) is 28.2 Å². The zero-order chi connectivity index (χ0) is 21.1. The zero-order valence-electron chi connectivity index (χ0n) is 16.9. The fourth-order valence-electron chi connectivity index (χ4n) is 2.48. The van der Waals surface area contributed by atoms with E-state index < -0.39 is 5.60 Å². The second-order valence-corrected chi connectivity index (χ2v) is 9.51. The van der Waals surface area contributed by atoms with Crippen LogP contribution in [0.1, 0.15) is 45.1 Å². The molecule has 0 saturated carbocycles. The molecule has 0 amide bonds. The third-order valence-electron chi connectivity index (χ3n) is 3.78. The van der Waals surface area contributed by atoms with Gasteiger partial charge in [0.1, 0.15) is 5.75 Å². The standard InChI is InChI=1S/C20H25ClN4O2S/c1-19(2,3)16-10-25(11-20(4,5)26)18(28-16)24-17(23-12-22)14-9-13(21)7-8-15(14)27-6/h7-10,26H,11H2,1-6H3/b23-17+,24-18-. The molecule has 0 unspecified atom stereocenters. The summed E-state index contributed by atoms with van der Waals surface area (Å²) >= 11 is 7.63. The molecule has 1 aromatic heterocycles. The number of ether oxygens (including phenoxy) is 1. The van der Waals surface area contributed by atoms with E-state index in [1.807, 2.05) is 10.8 Å². The number of benzene rings is 1. The molecule has 0 aliphatic heterocycles. The number of hydrogen-bond acceptors (Lipinski definition) is 5. The highest BCUT2D eigenvalue weighted by Gasteiger charge is 2.21. The van der Waals surface area contributed by atoms with Gasteiger partial charge in [0.15, 0.2) is 10.6 Å². The SMILES string of the molecule is COc1ccc(Cl)cc1C(/N=c1\sc(C(C)(C)C)cn1CC(C)(C)O)=N\C#N. The minimum Gasteiger partial charge on any atom is -0.496 e. The molecule has 8 heteroatoms. The van der Waals surface area contributed by atoms with E-state index >= 15 is 0 Å². The summed E-state index contributed by atoms with van der Waals surface area (Å²) in [5.41, 5.74) is -0.483. The van der Waals surface area contributed by atoms with Gasteiger partial charge in [-0.15, -0.1) is 11.3 Å². The lowest BCUT2D eigenvalue weighted by Crippen LogP contribution is -2.31. The number of methoxy groups -OCH3 is 1. The smallest absolute Gasteiger partial charge is 0.207 e. The molecule has 0 spiro atoms. The number of rotatable bonds is 4. The summed E-state index contributed by atoms with van der Waals surface area (Å²) in [7, 11) is 1.54. The molecule has 6 nitrogen and oxygen atoms in total. The van der Waals surface area contributed by atoms with Gasteiger partial charge < -0.3 is 14.4 Å². The summed E-state index contributed by atoms with van der Waals surface area (Å²) < 4.78 is 7.27. The summed E-state index contributed by atoms with van der Waals surface area (Å²) in [6.45, 7) is 10.2. The molecular formula is C20H25ClN4O2S. The molecular weight excluding hydrogens is 396 g/mol. The number of aliphatic imine (C=N–C) groups is 1. The maximum atomic E-state index is 10.3. The Morgan fingerprint density at radius 3 is 2.54 bits per heavy atom. The molecule has 28 heavy (non-hydrogen) atoms. The van der Waals surface area contributed by atoms with Crippen molar-refractivity contribution in [2.45, 2.75) is 52.2 Å². The first kappa shape index (κ1) is 22.2. The van der Waals surface area contributed by atoms with Crippen molar-refractivity contribution in [3.05, 3.63) is 44.7 Å². The summed E-state index contributed by atoms with van der Waals surface area (Å²) in [6.07, 6.45) is 3.79. The number of aromatic nitrogens is 1. The van der Waals surface area contributed by atoms with Crippen molar-refractivity contribution in [1.82, 2.24) is 4.57 Å². The first-order chi connectivity index (χ1) is 12.9. The molecule has 0 fully saturated rings. The molecule has 0 radical (unpaired) electrons. The lowest BCUT2D eigenvalue weighted by molar-refractivity contribution is 0.0607.